The number of benzene rings is 1. The fourth-order valence-corrected chi connectivity index (χ4v) is 10.5. The van der Waals surface area contributed by atoms with E-state index in [9.17, 15) is 19.2 Å². The van der Waals surface area contributed by atoms with Gasteiger partial charge in [-0.05, 0) is 94.7 Å². The molecule has 6 bridgehead atoms. The first kappa shape index (κ1) is 47.9. The number of nitrogens with one attached hydrogen (secondary N) is 2. The van der Waals surface area contributed by atoms with Gasteiger partial charge in [-0.2, -0.15) is 0 Å². The van der Waals surface area contributed by atoms with Crippen LogP contribution in [0.4, 0.5) is 4.79 Å². The summed E-state index contributed by atoms with van der Waals surface area (Å²) in [6.07, 6.45) is 4.91. The molecule has 4 amide bonds. The van der Waals surface area contributed by atoms with E-state index in [1.165, 1.54) is 21.2 Å². The van der Waals surface area contributed by atoms with Crippen LogP contribution >= 0.6 is 11.3 Å². The van der Waals surface area contributed by atoms with Gasteiger partial charge in [0, 0.05) is 91.5 Å². The molecule has 7 rings (SSSR count). The average molecular weight is 910 g/mol. The fraction of sp³-hybridized carbons (Fsp3) is 0.571. The Kier molecular flexibility index (Phi) is 14.9. The number of methoxy groups -OCH3 is 1. The van der Waals surface area contributed by atoms with Crippen LogP contribution in [0.25, 0.3) is 33.4 Å². The molecule has 1 aromatic carbocycles. The Labute approximate surface area is 387 Å². The number of thiazole rings is 1. The van der Waals surface area contributed by atoms with Gasteiger partial charge in [0.1, 0.15) is 18.1 Å². The highest BCUT2D eigenvalue weighted by molar-refractivity contribution is 7.10. The molecule has 0 radical (unpaired) electrons. The predicted octanol–water partition coefficient (Wildman–Crippen LogP) is 7.08. The minimum absolute atomic E-state index is 0.0946. The maximum Gasteiger partial charge on any atom is 0.343 e. The van der Waals surface area contributed by atoms with E-state index in [0.717, 1.165) is 63.4 Å². The summed E-state index contributed by atoms with van der Waals surface area (Å²) >= 11 is 1.42. The lowest BCUT2D eigenvalue weighted by atomic mass is 9.84. The number of aryl methyl sites for hydroxylation is 1. The van der Waals surface area contributed by atoms with Gasteiger partial charge in [0.25, 0.3) is 5.91 Å². The van der Waals surface area contributed by atoms with Crippen molar-refractivity contribution in [3.05, 3.63) is 58.2 Å². The zero-order valence-corrected chi connectivity index (χ0v) is 40.6. The molecule has 3 aliphatic heterocycles. The van der Waals surface area contributed by atoms with Crippen LogP contribution in [0.1, 0.15) is 96.5 Å². The summed E-state index contributed by atoms with van der Waals surface area (Å²) in [4.78, 5) is 74.6. The number of fused-ring (bicyclic) bond motifs is 6. The van der Waals surface area contributed by atoms with E-state index < -0.39 is 47.4 Å². The lowest BCUT2D eigenvalue weighted by molar-refractivity contribution is -0.155. The monoisotopic (exact) mass is 909 g/mol. The molecule has 0 aliphatic carbocycles. The highest BCUT2D eigenvalue weighted by Gasteiger charge is 2.38. The number of amides is 4. The molecule has 15 nitrogen and oxygen atoms in total. The number of aliphatic imine (C=N–C) groups is 1. The van der Waals surface area contributed by atoms with Crippen LogP contribution < -0.4 is 10.7 Å². The van der Waals surface area contributed by atoms with Crippen molar-refractivity contribution >= 4 is 51.8 Å². The van der Waals surface area contributed by atoms with Crippen molar-refractivity contribution in [3.63, 3.8) is 0 Å². The number of hydrogen-bond acceptors (Lipinski definition) is 11. The number of carbonyl (C=O) groups is 4. The normalized spacial score (nSPS) is 22.6. The van der Waals surface area contributed by atoms with Crippen LogP contribution in [0.2, 0.25) is 0 Å². The van der Waals surface area contributed by atoms with Gasteiger partial charge < -0.3 is 29.2 Å². The highest BCUT2D eigenvalue weighted by atomic mass is 32.1. The Morgan fingerprint density at radius 3 is 2.69 bits per heavy atom. The van der Waals surface area contributed by atoms with Crippen molar-refractivity contribution in [1.29, 1.82) is 0 Å². The summed E-state index contributed by atoms with van der Waals surface area (Å²) in [5.41, 5.74) is 10.2. The molecule has 4 aromatic rings. The molecule has 2 saturated heterocycles. The second kappa shape index (κ2) is 20.2. The fourth-order valence-electron chi connectivity index (χ4n) is 9.66. The first-order valence-electron chi connectivity index (χ1n) is 23.1. The number of ether oxygens (including phenoxy) is 2. The molecule has 2 unspecified atom stereocenters. The van der Waals surface area contributed by atoms with Gasteiger partial charge in [0.2, 0.25) is 5.91 Å². The summed E-state index contributed by atoms with van der Waals surface area (Å²) in [5, 5.41) is 8.17. The maximum atomic E-state index is 14.6. The number of pyridine rings is 1. The first-order valence-corrected chi connectivity index (χ1v) is 24.0. The minimum atomic E-state index is -1.06. The number of carbonyl (C=O) groups excluding carboxylic acids is 4. The number of hydrogen-bond donors (Lipinski definition) is 2. The van der Waals surface area contributed by atoms with Gasteiger partial charge in [-0.1, -0.05) is 40.7 Å². The Balaban J connectivity index is 1.27. The number of cyclic esters (lactones) is 1. The third kappa shape index (κ3) is 10.7. The molecule has 0 saturated carbocycles. The number of urea groups is 1. The van der Waals surface area contributed by atoms with Crippen molar-refractivity contribution in [2.75, 3.05) is 47.4 Å². The number of likely N-dealkylation sites (tertiary alicyclic amines) is 1. The second-order valence-electron chi connectivity index (χ2n) is 19.4. The summed E-state index contributed by atoms with van der Waals surface area (Å²) in [6.45, 7) is 17.0. The number of aromatic nitrogens is 3. The quantitative estimate of drug-likeness (QED) is 0.175. The van der Waals surface area contributed by atoms with Gasteiger partial charge >= 0.3 is 12.0 Å². The van der Waals surface area contributed by atoms with E-state index >= 15 is 0 Å². The lowest BCUT2D eigenvalue weighted by Crippen LogP contribution is -2.62. The van der Waals surface area contributed by atoms with E-state index in [0.29, 0.717) is 56.2 Å². The van der Waals surface area contributed by atoms with Crippen molar-refractivity contribution < 1.29 is 28.7 Å². The second-order valence-corrected chi connectivity index (χ2v) is 20.3. The Hall–Kier alpha value is -5.03. The number of likely N-dealkylation sites (N-methyl/N-ethyl adjacent to an activating group) is 1. The molecule has 2 fully saturated rings. The van der Waals surface area contributed by atoms with Crippen LogP contribution in [0.5, 0.6) is 0 Å². The van der Waals surface area contributed by atoms with Crippen LogP contribution in [-0.2, 0) is 43.2 Å². The van der Waals surface area contributed by atoms with Gasteiger partial charge in [0.05, 0.1) is 34.8 Å². The highest BCUT2D eigenvalue weighted by Crippen LogP contribution is 2.42. The summed E-state index contributed by atoms with van der Waals surface area (Å²) in [6, 6.07) is 7.21. The SMILES string of the molecule is CCn1c(-c2cccnc2[C@H](C)OC)c2c3cc(ccc31)-c1csc(n1)C[C@H](NC(=O)C(C(C)C)N(C)C(=O)N=C1CCC(C)CN(C)C1)C(=O)N1CCC[C@H](N1)C(=O)OCC(C)(C)C2. The number of hydrazine groups is 1. The van der Waals surface area contributed by atoms with Crippen LogP contribution in [0.3, 0.4) is 0 Å². The molecule has 350 valence electrons. The van der Waals surface area contributed by atoms with Crippen molar-refractivity contribution in [2.24, 2.45) is 22.2 Å². The molecule has 5 atom stereocenters. The zero-order valence-electron chi connectivity index (χ0n) is 39.8. The standard InChI is InChI=1S/C49H67N9O6S/c1-11-57-40-19-17-32-22-35(40)36(44(57)34-14-12-20-50-42(34)31(5)63-10)24-49(6,7)28-64-47(61)37-15-13-21-58(54-37)46(60)38(23-41-52-39(32)27-65-41)53-45(59)43(29(2)3)56(9)48(62)51-33-18-16-30(4)25-55(8)26-33/h12,14,17,19-20,22,27,29-31,37-38,43,54H,11,13,15-16,18,21,23-26,28H2,1-10H3,(H,53,59)/t30?,31-,37-,38-,43?/m0/s1. The van der Waals surface area contributed by atoms with E-state index in [2.05, 4.69) is 77.2 Å². The van der Waals surface area contributed by atoms with Crippen LogP contribution in [-0.4, -0.2) is 124 Å². The number of nitrogens with zero attached hydrogens (tertiary/aromatic N) is 7. The average Bonchev–Trinajstić information content (AvgIpc) is 3.82. The number of rotatable bonds is 8. The zero-order chi connectivity index (χ0) is 46.7. The third-order valence-electron chi connectivity index (χ3n) is 13.0. The lowest BCUT2D eigenvalue weighted by Gasteiger charge is -2.36. The van der Waals surface area contributed by atoms with Crippen molar-refractivity contribution in [1.82, 2.24) is 40.1 Å². The van der Waals surface area contributed by atoms with E-state index in [4.69, 9.17) is 19.4 Å². The van der Waals surface area contributed by atoms with Crippen LogP contribution in [0, 0.1) is 17.3 Å². The molecule has 6 heterocycles. The molecule has 2 N–H and O–H groups in total. The van der Waals surface area contributed by atoms with Gasteiger partial charge in [-0.25, -0.2) is 20.2 Å². The number of esters is 1. The van der Waals surface area contributed by atoms with E-state index in [-0.39, 0.29) is 25.0 Å². The molecule has 3 aliphatic rings. The summed E-state index contributed by atoms with van der Waals surface area (Å²) in [7, 11) is 5.31. The Bertz CT molecular complexity index is 2420. The van der Waals surface area contributed by atoms with Gasteiger partial charge in [-0.3, -0.25) is 24.4 Å². The molecular formula is C49H67N9O6S. The minimum Gasteiger partial charge on any atom is -0.464 e. The predicted molar refractivity (Wildman–Crippen MR) is 254 cm³/mol. The largest absolute Gasteiger partial charge is 0.464 e. The summed E-state index contributed by atoms with van der Waals surface area (Å²) in [5.74, 6) is -1.13. The van der Waals surface area contributed by atoms with Gasteiger partial charge in [-0.15, -0.1) is 11.3 Å². The van der Waals surface area contributed by atoms with E-state index in [1.807, 2.05) is 39.3 Å². The maximum absolute atomic E-state index is 14.6. The van der Waals surface area contributed by atoms with E-state index in [1.54, 1.807) is 20.4 Å². The van der Waals surface area contributed by atoms with Gasteiger partial charge in [0.15, 0.2) is 0 Å². The molecular weight excluding hydrogens is 843 g/mol. The molecule has 3 aromatic heterocycles. The van der Waals surface area contributed by atoms with Crippen LogP contribution in [0.15, 0.2) is 46.9 Å². The summed E-state index contributed by atoms with van der Waals surface area (Å²) < 4.78 is 14.3. The molecule has 0 spiro atoms. The topological polar surface area (TPSA) is 164 Å². The smallest absolute Gasteiger partial charge is 0.343 e. The Morgan fingerprint density at radius 2 is 1.95 bits per heavy atom. The Morgan fingerprint density at radius 1 is 1.17 bits per heavy atom. The molecule has 16 heteroatoms. The molecule has 65 heavy (non-hydrogen) atoms. The third-order valence-corrected chi connectivity index (χ3v) is 13.9. The van der Waals surface area contributed by atoms with Crippen molar-refractivity contribution in [2.45, 2.75) is 118 Å². The first-order chi connectivity index (χ1) is 31.0. The van der Waals surface area contributed by atoms with Crippen molar-refractivity contribution in [3.8, 4) is 22.5 Å².